The molecule has 110 valence electrons. The Balaban J connectivity index is 2.92. The zero-order valence-electron chi connectivity index (χ0n) is 10.5. The Kier molecular flexibility index (Phi) is 7.37. The highest BCUT2D eigenvalue weighted by molar-refractivity contribution is 14.1. The summed E-state index contributed by atoms with van der Waals surface area (Å²) in [4.78, 5) is 23.2. The molecule has 0 heterocycles. The molecule has 1 atom stereocenters. The fourth-order valence-electron chi connectivity index (χ4n) is 1.47. The van der Waals surface area contributed by atoms with Gasteiger partial charge in [-0.3, -0.25) is 4.79 Å². The summed E-state index contributed by atoms with van der Waals surface area (Å²) < 4.78 is 1.35. The number of carboxylic acid groups (broad SMARTS) is 1. The summed E-state index contributed by atoms with van der Waals surface area (Å²) in [7, 11) is 0. The lowest BCUT2D eigenvalue weighted by molar-refractivity contribution is -0.139. The van der Waals surface area contributed by atoms with Crippen molar-refractivity contribution in [3.63, 3.8) is 0 Å². The molecule has 0 radical (unpaired) electrons. The molecular weight excluding hydrogens is 508 g/mol. The van der Waals surface area contributed by atoms with Crippen molar-refractivity contribution in [1.29, 1.82) is 0 Å². The summed E-state index contributed by atoms with van der Waals surface area (Å²) in [6.07, 6.45) is 2.21. The lowest BCUT2D eigenvalue weighted by Gasteiger charge is -2.15. The normalized spacial score (nSPS) is 11.9. The van der Waals surface area contributed by atoms with E-state index in [1.165, 1.54) is 17.8 Å². The van der Waals surface area contributed by atoms with Crippen LogP contribution in [0.5, 0.6) is 5.75 Å². The standard InChI is InChI=1S/C12H13I2NO4S/c1-20-3-2-9(12(18)19)15-11(17)7-4-6(13)5-8(14)10(7)16/h4-5,9,16H,2-3H2,1H3,(H,15,17)(H,18,19)/t9-/m1/s1. The third-order valence-electron chi connectivity index (χ3n) is 2.49. The van der Waals surface area contributed by atoms with Crippen LogP contribution in [0.2, 0.25) is 0 Å². The Hall–Kier alpha value is -0.230. The highest BCUT2D eigenvalue weighted by Crippen LogP contribution is 2.27. The molecule has 5 nitrogen and oxygen atoms in total. The summed E-state index contributed by atoms with van der Waals surface area (Å²) in [6.45, 7) is 0. The van der Waals surface area contributed by atoms with Gasteiger partial charge in [-0.15, -0.1) is 0 Å². The van der Waals surface area contributed by atoms with Crippen LogP contribution in [0.25, 0.3) is 0 Å². The number of halogens is 2. The first kappa shape index (κ1) is 17.8. The molecule has 20 heavy (non-hydrogen) atoms. The molecule has 0 saturated heterocycles. The topological polar surface area (TPSA) is 86.6 Å². The first-order chi connectivity index (χ1) is 9.36. The van der Waals surface area contributed by atoms with E-state index in [2.05, 4.69) is 5.32 Å². The number of aromatic hydroxyl groups is 1. The van der Waals surface area contributed by atoms with E-state index in [0.717, 1.165) is 3.57 Å². The van der Waals surface area contributed by atoms with Crippen LogP contribution in [0.3, 0.4) is 0 Å². The second-order valence-corrected chi connectivity index (χ2v) is 7.32. The number of hydrogen-bond donors (Lipinski definition) is 3. The van der Waals surface area contributed by atoms with Crippen molar-refractivity contribution in [2.75, 3.05) is 12.0 Å². The van der Waals surface area contributed by atoms with E-state index >= 15 is 0 Å². The molecule has 0 fully saturated rings. The molecule has 1 rings (SSSR count). The van der Waals surface area contributed by atoms with E-state index in [1.807, 2.05) is 51.4 Å². The van der Waals surface area contributed by atoms with Crippen LogP contribution in [-0.2, 0) is 4.79 Å². The monoisotopic (exact) mass is 521 g/mol. The minimum absolute atomic E-state index is 0.0942. The SMILES string of the molecule is CSCC[C@@H](NC(=O)c1cc(I)cc(I)c1O)C(=O)O. The maximum atomic E-state index is 12.1. The zero-order chi connectivity index (χ0) is 15.3. The van der Waals surface area contributed by atoms with E-state index in [1.54, 1.807) is 6.07 Å². The van der Waals surface area contributed by atoms with Crippen molar-refractivity contribution in [2.24, 2.45) is 0 Å². The van der Waals surface area contributed by atoms with Gasteiger partial charge in [-0.2, -0.15) is 11.8 Å². The minimum Gasteiger partial charge on any atom is -0.506 e. The number of nitrogens with one attached hydrogen (secondary N) is 1. The number of carbonyl (C=O) groups excluding carboxylic acids is 1. The Bertz CT molecular complexity index is 524. The van der Waals surface area contributed by atoms with Gasteiger partial charge in [-0.05, 0) is 75.7 Å². The molecular formula is C12H13I2NO4S. The predicted octanol–water partition coefficient (Wildman–Crippen LogP) is 2.54. The number of phenolic OH excluding ortho intramolecular Hbond substituents is 1. The number of thioether (sulfide) groups is 1. The van der Waals surface area contributed by atoms with Crippen molar-refractivity contribution in [3.05, 3.63) is 24.8 Å². The highest BCUT2D eigenvalue weighted by atomic mass is 127. The van der Waals surface area contributed by atoms with E-state index in [9.17, 15) is 14.7 Å². The van der Waals surface area contributed by atoms with Gasteiger partial charge in [0, 0.05) is 3.57 Å². The first-order valence-electron chi connectivity index (χ1n) is 5.57. The Morgan fingerprint density at radius 3 is 2.60 bits per heavy atom. The third kappa shape index (κ3) is 4.95. The fourth-order valence-corrected chi connectivity index (χ4v) is 3.78. The summed E-state index contributed by atoms with van der Waals surface area (Å²) in [6, 6.07) is 2.31. The van der Waals surface area contributed by atoms with Crippen molar-refractivity contribution >= 4 is 68.8 Å². The summed E-state index contributed by atoms with van der Waals surface area (Å²) in [5, 5.41) is 21.4. The van der Waals surface area contributed by atoms with Crippen molar-refractivity contribution < 1.29 is 19.8 Å². The van der Waals surface area contributed by atoms with Crippen molar-refractivity contribution in [1.82, 2.24) is 5.32 Å². The number of carboxylic acids is 1. The van der Waals surface area contributed by atoms with Gasteiger partial charge in [-0.25, -0.2) is 4.79 Å². The smallest absolute Gasteiger partial charge is 0.326 e. The first-order valence-corrected chi connectivity index (χ1v) is 9.12. The number of amides is 1. The van der Waals surface area contributed by atoms with Crippen molar-refractivity contribution in [2.45, 2.75) is 12.5 Å². The molecule has 1 aromatic rings. The molecule has 3 N–H and O–H groups in total. The van der Waals surface area contributed by atoms with Crippen LogP contribution in [-0.4, -0.2) is 40.1 Å². The van der Waals surface area contributed by atoms with Gasteiger partial charge in [0.1, 0.15) is 11.8 Å². The number of rotatable bonds is 6. The highest BCUT2D eigenvalue weighted by Gasteiger charge is 2.22. The number of aliphatic carboxylic acids is 1. The largest absolute Gasteiger partial charge is 0.506 e. The van der Waals surface area contributed by atoms with Crippen molar-refractivity contribution in [3.8, 4) is 5.75 Å². The average molecular weight is 521 g/mol. The molecule has 0 aliphatic carbocycles. The third-order valence-corrected chi connectivity index (χ3v) is 4.58. The van der Waals surface area contributed by atoms with E-state index in [0.29, 0.717) is 15.7 Å². The Morgan fingerprint density at radius 1 is 1.40 bits per heavy atom. The quantitative estimate of drug-likeness (QED) is 0.502. The Labute approximate surface area is 148 Å². The summed E-state index contributed by atoms with van der Waals surface area (Å²) in [5.74, 6) is -1.15. The van der Waals surface area contributed by atoms with Crippen LogP contribution in [0, 0.1) is 7.14 Å². The Morgan fingerprint density at radius 2 is 2.05 bits per heavy atom. The maximum absolute atomic E-state index is 12.1. The number of benzene rings is 1. The molecule has 8 heteroatoms. The van der Waals surface area contributed by atoms with E-state index in [-0.39, 0.29) is 11.3 Å². The second-order valence-electron chi connectivity index (χ2n) is 3.93. The lowest BCUT2D eigenvalue weighted by atomic mass is 10.1. The maximum Gasteiger partial charge on any atom is 0.326 e. The minimum atomic E-state index is -1.08. The number of carbonyl (C=O) groups is 2. The van der Waals surface area contributed by atoms with Crippen LogP contribution >= 0.6 is 56.9 Å². The number of phenols is 1. The van der Waals surface area contributed by atoms with Gasteiger partial charge in [0.2, 0.25) is 0 Å². The molecule has 0 saturated carbocycles. The van der Waals surface area contributed by atoms with Crippen LogP contribution in [0.4, 0.5) is 0 Å². The zero-order valence-corrected chi connectivity index (χ0v) is 15.7. The van der Waals surface area contributed by atoms with Gasteiger partial charge < -0.3 is 15.5 Å². The fraction of sp³-hybridized carbons (Fsp3) is 0.333. The number of hydrogen-bond acceptors (Lipinski definition) is 4. The summed E-state index contributed by atoms with van der Waals surface area (Å²) in [5.41, 5.74) is 0.0942. The molecule has 0 unspecified atom stereocenters. The van der Waals surface area contributed by atoms with Crippen LogP contribution in [0.15, 0.2) is 12.1 Å². The van der Waals surface area contributed by atoms with Gasteiger partial charge in [0.05, 0.1) is 9.13 Å². The van der Waals surface area contributed by atoms with Crippen LogP contribution < -0.4 is 5.32 Å². The van der Waals surface area contributed by atoms with Gasteiger partial charge in [-0.1, -0.05) is 0 Å². The van der Waals surface area contributed by atoms with Crippen LogP contribution in [0.1, 0.15) is 16.8 Å². The molecule has 0 bridgehead atoms. The van der Waals surface area contributed by atoms with Gasteiger partial charge in [0.15, 0.2) is 0 Å². The molecule has 0 aliphatic rings. The molecule has 0 aromatic heterocycles. The van der Waals surface area contributed by atoms with Gasteiger partial charge in [0.25, 0.3) is 5.91 Å². The molecule has 0 aliphatic heterocycles. The molecule has 1 aromatic carbocycles. The lowest BCUT2D eigenvalue weighted by Crippen LogP contribution is -2.41. The average Bonchev–Trinajstić information content (AvgIpc) is 2.38. The van der Waals surface area contributed by atoms with E-state index in [4.69, 9.17) is 5.11 Å². The summed E-state index contributed by atoms with van der Waals surface area (Å²) >= 11 is 5.47. The van der Waals surface area contributed by atoms with Gasteiger partial charge >= 0.3 is 5.97 Å². The molecule has 0 spiro atoms. The predicted molar refractivity (Wildman–Crippen MR) is 95.4 cm³/mol. The van der Waals surface area contributed by atoms with E-state index < -0.39 is 17.9 Å². The second kappa shape index (κ2) is 8.27. The molecule has 1 amide bonds.